The highest BCUT2D eigenvalue weighted by Gasteiger charge is 2.12. The number of aromatic nitrogens is 1. The first-order chi connectivity index (χ1) is 12.9. The van der Waals surface area contributed by atoms with Crippen LogP contribution in [0.2, 0.25) is 0 Å². The molecule has 0 fully saturated rings. The smallest absolute Gasteiger partial charge is 0.226 e. The van der Waals surface area contributed by atoms with E-state index in [9.17, 15) is 9.90 Å². The van der Waals surface area contributed by atoms with Crippen molar-refractivity contribution in [1.29, 1.82) is 0 Å². The second kappa shape index (κ2) is 8.39. The van der Waals surface area contributed by atoms with Crippen molar-refractivity contribution in [3.8, 4) is 17.2 Å². The highest BCUT2D eigenvalue weighted by Crippen LogP contribution is 2.24. The third kappa shape index (κ3) is 4.98. The molecule has 0 saturated carbocycles. The number of hydrogen-bond donors (Lipinski definition) is 0. The van der Waals surface area contributed by atoms with E-state index in [1.54, 1.807) is 12.1 Å². The topological polar surface area (TPSA) is 75.4 Å². The Bertz CT molecular complexity index is 947. The molecule has 2 aromatic carbocycles. The molecule has 0 N–H and O–H groups in total. The summed E-state index contributed by atoms with van der Waals surface area (Å²) >= 11 is 3.41. The number of benzene rings is 2. The third-order valence-electron chi connectivity index (χ3n) is 4.18. The number of rotatable bonds is 7. The maximum absolute atomic E-state index is 10.8. The maximum Gasteiger partial charge on any atom is 0.226 e. The lowest BCUT2D eigenvalue weighted by atomic mass is 10.1. The van der Waals surface area contributed by atoms with E-state index in [4.69, 9.17) is 9.15 Å². The van der Waals surface area contributed by atoms with Crippen LogP contribution in [0.25, 0.3) is 11.5 Å². The van der Waals surface area contributed by atoms with Crippen molar-refractivity contribution in [3.63, 3.8) is 0 Å². The van der Waals surface area contributed by atoms with Gasteiger partial charge in [-0.05, 0) is 55.3 Å². The van der Waals surface area contributed by atoms with Gasteiger partial charge in [0.2, 0.25) is 5.89 Å². The lowest BCUT2D eigenvalue weighted by molar-refractivity contribution is -0.304. The molecular formula is C21H19BrNO4-. The average Bonchev–Trinajstić information content (AvgIpc) is 2.99. The van der Waals surface area contributed by atoms with Crippen LogP contribution in [0.15, 0.2) is 51.4 Å². The maximum atomic E-state index is 10.8. The molecule has 0 spiro atoms. The number of carboxylic acids is 1. The van der Waals surface area contributed by atoms with Crippen molar-refractivity contribution in [2.24, 2.45) is 0 Å². The number of halogens is 1. The minimum absolute atomic E-state index is 0.129. The fourth-order valence-corrected chi connectivity index (χ4v) is 2.97. The van der Waals surface area contributed by atoms with E-state index in [0.717, 1.165) is 27.1 Å². The molecule has 0 aliphatic carbocycles. The van der Waals surface area contributed by atoms with Crippen LogP contribution >= 0.6 is 15.9 Å². The molecule has 0 aliphatic heterocycles. The van der Waals surface area contributed by atoms with E-state index >= 15 is 0 Å². The molecule has 27 heavy (non-hydrogen) atoms. The van der Waals surface area contributed by atoms with E-state index < -0.39 is 5.97 Å². The van der Waals surface area contributed by atoms with Crippen molar-refractivity contribution >= 4 is 21.9 Å². The largest absolute Gasteiger partial charge is 0.550 e. The highest BCUT2D eigenvalue weighted by molar-refractivity contribution is 9.10. The summed E-state index contributed by atoms with van der Waals surface area (Å²) in [7, 11) is 0. The van der Waals surface area contributed by atoms with Gasteiger partial charge in [0.05, 0.1) is 12.3 Å². The molecule has 1 heterocycles. The Labute approximate surface area is 166 Å². The second-order valence-corrected chi connectivity index (χ2v) is 7.19. The molecule has 0 aliphatic rings. The number of carboxylic acid groups (broad SMARTS) is 1. The van der Waals surface area contributed by atoms with Crippen molar-refractivity contribution in [1.82, 2.24) is 4.98 Å². The van der Waals surface area contributed by atoms with Crippen LogP contribution in [0.5, 0.6) is 5.75 Å². The summed E-state index contributed by atoms with van der Waals surface area (Å²) in [6.45, 7) is 4.23. The van der Waals surface area contributed by atoms with Crippen molar-refractivity contribution < 1.29 is 19.1 Å². The molecule has 5 nitrogen and oxygen atoms in total. The van der Waals surface area contributed by atoms with E-state index in [2.05, 4.69) is 20.9 Å². The van der Waals surface area contributed by atoms with E-state index in [1.165, 1.54) is 0 Å². The lowest BCUT2D eigenvalue weighted by Crippen LogP contribution is -2.24. The number of aryl methyl sites for hydroxylation is 2. The molecule has 1 aromatic heterocycles. The van der Waals surface area contributed by atoms with Gasteiger partial charge in [-0.25, -0.2) is 4.98 Å². The zero-order chi connectivity index (χ0) is 19.4. The first-order valence-corrected chi connectivity index (χ1v) is 9.36. The van der Waals surface area contributed by atoms with Gasteiger partial charge >= 0.3 is 0 Å². The number of hydrogen-bond acceptors (Lipinski definition) is 5. The molecule has 0 unspecified atom stereocenters. The first kappa shape index (κ1) is 19.2. The molecule has 140 valence electrons. The zero-order valence-electron chi connectivity index (χ0n) is 15.1. The SMILES string of the molecule is Cc1ccc(CC(=O)[O-])cc1OCCc1nc(-c2ccc(Br)cc2)oc1C. The second-order valence-electron chi connectivity index (χ2n) is 6.28. The summed E-state index contributed by atoms with van der Waals surface area (Å²) < 4.78 is 12.6. The van der Waals surface area contributed by atoms with Crippen LogP contribution < -0.4 is 9.84 Å². The Balaban J connectivity index is 1.66. The van der Waals surface area contributed by atoms with E-state index in [1.807, 2.05) is 44.2 Å². The van der Waals surface area contributed by atoms with Gasteiger partial charge in [-0.3, -0.25) is 0 Å². The van der Waals surface area contributed by atoms with Crippen molar-refractivity contribution in [2.75, 3.05) is 6.61 Å². The van der Waals surface area contributed by atoms with Gasteiger partial charge in [0.15, 0.2) is 0 Å². The van der Waals surface area contributed by atoms with Crippen LogP contribution in [0.1, 0.15) is 22.6 Å². The molecule has 0 amide bonds. The van der Waals surface area contributed by atoms with Gasteiger partial charge in [-0.2, -0.15) is 0 Å². The molecule has 0 bridgehead atoms. The normalized spacial score (nSPS) is 10.8. The number of ether oxygens (including phenoxy) is 1. The molecule has 6 heteroatoms. The van der Waals surface area contributed by atoms with Crippen LogP contribution in [-0.2, 0) is 17.6 Å². The minimum Gasteiger partial charge on any atom is -0.550 e. The Morgan fingerprint density at radius 3 is 2.63 bits per heavy atom. The molecule has 3 aromatic rings. The number of aliphatic carboxylic acids is 1. The predicted molar refractivity (Wildman–Crippen MR) is 103 cm³/mol. The van der Waals surface area contributed by atoms with Gasteiger partial charge < -0.3 is 19.1 Å². The van der Waals surface area contributed by atoms with E-state index in [-0.39, 0.29) is 6.42 Å². The van der Waals surface area contributed by atoms with Crippen LogP contribution in [0, 0.1) is 13.8 Å². The Morgan fingerprint density at radius 2 is 1.93 bits per heavy atom. The summed E-state index contributed by atoms with van der Waals surface area (Å²) in [6.07, 6.45) is 0.464. The number of carbonyl (C=O) groups excluding carboxylic acids is 1. The molecular weight excluding hydrogens is 410 g/mol. The van der Waals surface area contributed by atoms with Gasteiger partial charge in [-0.15, -0.1) is 0 Å². The van der Waals surface area contributed by atoms with Crippen molar-refractivity contribution in [3.05, 3.63) is 69.5 Å². The summed E-state index contributed by atoms with van der Waals surface area (Å²) in [5.41, 5.74) is 3.37. The van der Waals surface area contributed by atoms with Crippen LogP contribution in [0.4, 0.5) is 0 Å². The molecule has 0 radical (unpaired) electrons. The van der Waals surface area contributed by atoms with Gasteiger partial charge in [0, 0.05) is 28.8 Å². The highest BCUT2D eigenvalue weighted by atomic mass is 79.9. The van der Waals surface area contributed by atoms with E-state index in [0.29, 0.717) is 30.2 Å². The van der Waals surface area contributed by atoms with Gasteiger partial charge in [-0.1, -0.05) is 28.1 Å². The predicted octanol–water partition coefficient (Wildman–Crippen LogP) is 3.63. The summed E-state index contributed by atoms with van der Waals surface area (Å²) in [5.74, 6) is 0.910. The Kier molecular flexibility index (Phi) is 5.96. The Morgan fingerprint density at radius 1 is 1.19 bits per heavy atom. The summed E-state index contributed by atoms with van der Waals surface area (Å²) in [5, 5.41) is 10.8. The standard InChI is InChI=1S/C21H20BrNO4/c1-13-3-4-15(12-20(24)25)11-19(13)26-10-9-18-14(2)27-21(23-18)16-5-7-17(22)8-6-16/h3-8,11H,9-10,12H2,1-2H3,(H,24,25)/p-1. The molecule has 0 saturated heterocycles. The zero-order valence-corrected chi connectivity index (χ0v) is 16.7. The monoisotopic (exact) mass is 428 g/mol. The average molecular weight is 429 g/mol. The third-order valence-corrected chi connectivity index (χ3v) is 4.71. The number of oxazole rings is 1. The first-order valence-electron chi connectivity index (χ1n) is 8.57. The fraction of sp³-hybridized carbons (Fsp3) is 0.238. The lowest BCUT2D eigenvalue weighted by Gasteiger charge is -2.11. The van der Waals surface area contributed by atoms with Crippen LogP contribution in [-0.4, -0.2) is 17.6 Å². The molecule has 3 rings (SSSR count). The Hall–Kier alpha value is -2.60. The number of nitrogens with zero attached hydrogens (tertiary/aromatic N) is 1. The summed E-state index contributed by atoms with van der Waals surface area (Å²) in [4.78, 5) is 15.3. The van der Waals surface area contributed by atoms with Gasteiger partial charge in [0.1, 0.15) is 11.5 Å². The quantitative estimate of drug-likeness (QED) is 0.574. The number of carbonyl (C=O) groups is 1. The van der Waals surface area contributed by atoms with Gasteiger partial charge in [0.25, 0.3) is 0 Å². The minimum atomic E-state index is -1.11. The summed E-state index contributed by atoms with van der Waals surface area (Å²) in [6, 6.07) is 13.1. The fourth-order valence-electron chi connectivity index (χ4n) is 2.71. The van der Waals surface area contributed by atoms with Crippen molar-refractivity contribution in [2.45, 2.75) is 26.7 Å². The molecule has 0 atom stereocenters. The van der Waals surface area contributed by atoms with Crippen LogP contribution in [0.3, 0.4) is 0 Å².